The van der Waals surface area contributed by atoms with Crippen LogP contribution in [-0.2, 0) is 4.79 Å². The number of piperidine rings is 1. The summed E-state index contributed by atoms with van der Waals surface area (Å²) in [5.41, 5.74) is 1.06. The van der Waals surface area contributed by atoms with Gasteiger partial charge >= 0.3 is 0 Å². The van der Waals surface area contributed by atoms with Crippen molar-refractivity contribution in [3.05, 3.63) is 47.9 Å². The summed E-state index contributed by atoms with van der Waals surface area (Å²) in [6, 6.07) is 6.81. The van der Waals surface area contributed by atoms with Crippen molar-refractivity contribution in [3.8, 4) is 17.0 Å². The summed E-state index contributed by atoms with van der Waals surface area (Å²) in [7, 11) is 0. The average Bonchev–Trinajstić information content (AvgIpc) is 2.68. The Balaban J connectivity index is 1.57. The minimum absolute atomic E-state index is 0.0713. The minimum atomic E-state index is -0.470. The summed E-state index contributed by atoms with van der Waals surface area (Å²) in [5.74, 6) is -0.333. The van der Waals surface area contributed by atoms with Crippen molar-refractivity contribution in [2.45, 2.75) is 19.8 Å². The quantitative estimate of drug-likeness (QED) is 0.865. The number of carbonyl (C=O) groups is 2. The van der Waals surface area contributed by atoms with Gasteiger partial charge in [0.25, 0.3) is 5.91 Å². The molecule has 0 aliphatic carbocycles. The Kier molecular flexibility index (Phi) is 5.69. The molecule has 0 saturated carbocycles. The highest BCUT2D eigenvalue weighted by molar-refractivity contribution is 5.94. The van der Waals surface area contributed by atoms with Gasteiger partial charge in [-0.05, 0) is 49.1 Å². The number of amides is 2. The van der Waals surface area contributed by atoms with Gasteiger partial charge < -0.3 is 15.3 Å². The second-order valence-corrected chi connectivity index (χ2v) is 6.75. The van der Waals surface area contributed by atoms with Crippen LogP contribution in [0.15, 0.2) is 36.5 Å². The number of nitrogens with zero attached hydrogens (tertiary/aromatic N) is 2. The van der Waals surface area contributed by atoms with Crippen molar-refractivity contribution in [2.24, 2.45) is 5.92 Å². The molecular weight excluding hydrogens is 349 g/mol. The molecule has 1 saturated heterocycles. The summed E-state index contributed by atoms with van der Waals surface area (Å²) in [5, 5.41) is 12.7. The van der Waals surface area contributed by atoms with Gasteiger partial charge in [0.1, 0.15) is 11.6 Å². The highest BCUT2D eigenvalue weighted by atomic mass is 19.1. The van der Waals surface area contributed by atoms with Crippen LogP contribution in [0.3, 0.4) is 0 Å². The standard InChI is InChI=1S/C20H22FN3O3/c1-13(25)24-8-6-14(7-9-24)11-23-20(27)15-2-4-18(22-12-15)17-10-16(21)3-5-19(17)26/h2-5,10,12,14,26H,6-9,11H2,1H3,(H,23,27). The molecule has 142 valence electrons. The van der Waals surface area contributed by atoms with Crippen LogP contribution in [0.4, 0.5) is 4.39 Å². The molecule has 2 amide bonds. The Hall–Kier alpha value is -2.96. The fourth-order valence-corrected chi connectivity index (χ4v) is 3.19. The Bertz CT molecular complexity index is 831. The number of halogens is 1. The third-order valence-electron chi connectivity index (χ3n) is 4.87. The highest BCUT2D eigenvalue weighted by Crippen LogP contribution is 2.28. The third kappa shape index (κ3) is 4.61. The molecule has 2 aromatic rings. The number of aromatic hydroxyl groups is 1. The number of aromatic nitrogens is 1. The molecule has 0 bridgehead atoms. The van der Waals surface area contributed by atoms with E-state index in [1.807, 2.05) is 4.90 Å². The van der Waals surface area contributed by atoms with Gasteiger partial charge in [-0.1, -0.05) is 0 Å². The summed E-state index contributed by atoms with van der Waals surface area (Å²) < 4.78 is 13.4. The van der Waals surface area contributed by atoms with E-state index >= 15 is 0 Å². The van der Waals surface area contributed by atoms with E-state index in [9.17, 15) is 19.1 Å². The SMILES string of the molecule is CC(=O)N1CCC(CNC(=O)c2ccc(-c3cc(F)ccc3O)nc2)CC1. The lowest BCUT2D eigenvalue weighted by Gasteiger charge is -2.31. The van der Waals surface area contributed by atoms with Crippen molar-refractivity contribution in [3.63, 3.8) is 0 Å². The van der Waals surface area contributed by atoms with Crippen molar-refractivity contribution >= 4 is 11.8 Å². The molecule has 1 aromatic carbocycles. The van der Waals surface area contributed by atoms with Crippen LogP contribution in [0.1, 0.15) is 30.1 Å². The maximum Gasteiger partial charge on any atom is 0.252 e. The van der Waals surface area contributed by atoms with Crippen molar-refractivity contribution in [1.82, 2.24) is 15.2 Å². The lowest BCUT2D eigenvalue weighted by atomic mass is 9.96. The third-order valence-corrected chi connectivity index (χ3v) is 4.87. The van der Waals surface area contributed by atoms with Gasteiger partial charge in [0, 0.05) is 38.3 Å². The number of hydrogen-bond donors (Lipinski definition) is 2. The molecule has 1 aliphatic rings. The Morgan fingerprint density at radius 1 is 1.26 bits per heavy atom. The van der Waals surface area contributed by atoms with Crippen molar-refractivity contribution in [1.29, 1.82) is 0 Å². The maximum absolute atomic E-state index is 13.4. The lowest BCUT2D eigenvalue weighted by Crippen LogP contribution is -2.40. The number of benzene rings is 1. The number of hydrogen-bond acceptors (Lipinski definition) is 4. The van der Waals surface area contributed by atoms with Crippen LogP contribution in [0.5, 0.6) is 5.75 Å². The van der Waals surface area contributed by atoms with Gasteiger partial charge in [-0.25, -0.2) is 4.39 Å². The average molecular weight is 371 g/mol. The second-order valence-electron chi connectivity index (χ2n) is 6.75. The summed E-state index contributed by atoms with van der Waals surface area (Å²) in [6.45, 7) is 3.58. The van der Waals surface area contributed by atoms with Gasteiger partial charge in [0.15, 0.2) is 0 Å². The largest absolute Gasteiger partial charge is 0.507 e. The van der Waals surface area contributed by atoms with Gasteiger partial charge in [-0.3, -0.25) is 14.6 Å². The van der Waals surface area contributed by atoms with Crippen LogP contribution in [0.25, 0.3) is 11.3 Å². The van der Waals surface area contributed by atoms with E-state index in [0.717, 1.165) is 25.9 Å². The Morgan fingerprint density at radius 3 is 2.63 bits per heavy atom. The lowest BCUT2D eigenvalue weighted by molar-refractivity contribution is -0.130. The maximum atomic E-state index is 13.4. The van der Waals surface area contributed by atoms with E-state index in [1.165, 1.54) is 24.4 Å². The van der Waals surface area contributed by atoms with E-state index < -0.39 is 5.82 Å². The molecule has 0 radical (unpaired) electrons. The molecular formula is C20H22FN3O3. The first-order chi connectivity index (χ1) is 12.9. The molecule has 0 spiro atoms. The molecule has 1 fully saturated rings. The van der Waals surface area contributed by atoms with Gasteiger partial charge in [-0.15, -0.1) is 0 Å². The Labute approximate surface area is 157 Å². The van der Waals surface area contributed by atoms with E-state index in [-0.39, 0.29) is 23.1 Å². The number of pyridine rings is 1. The topological polar surface area (TPSA) is 82.5 Å². The molecule has 2 N–H and O–H groups in total. The molecule has 27 heavy (non-hydrogen) atoms. The van der Waals surface area contributed by atoms with Crippen molar-refractivity contribution < 1.29 is 19.1 Å². The predicted octanol–water partition coefficient (Wildman–Crippen LogP) is 2.58. The fourth-order valence-electron chi connectivity index (χ4n) is 3.19. The summed E-state index contributed by atoms with van der Waals surface area (Å²) in [6.07, 6.45) is 3.15. The van der Waals surface area contributed by atoms with Crippen molar-refractivity contribution in [2.75, 3.05) is 19.6 Å². The van der Waals surface area contributed by atoms with Crippen LogP contribution >= 0.6 is 0 Å². The zero-order valence-corrected chi connectivity index (χ0v) is 15.1. The van der Waals surface area contributed by atoms with Gasteiger partial charge in [-0.2, -0.15) is 0 Å². The number of nitrogens with one attached hydrogen (secondary N) is 1. The van der Waals surface area contributed by atoms with Crippen LogP contribution < -0.4 is 5.32 Å². The first-order valence-corrected chi connectivity index (χ1v) is 8.92. The number of phenolic OH excluding ortho intramolecular Hbond substituents is 1. The minimum Gasteiger partial charge on any atom is -0.507 e. The van der Waals surface area contributed by atoms with E-state index in [4.69, 9.17) is 0 Å². The fraction of sp³-hybridized carbons (Fsp3) is 0.350. The molecule has 2 heterocycles. The molecule has 7 heteroatoms. The van der Waals surface area contributed by atoms with E-state index in [0.29, 0.717) is 23.7 Å². The number of phenols is 1. The zero-order valence-electron chi connectivity index (χ0n) is 15.1. The summed E-state index contributed by atoms with van der Waals surface area (Å²) in [4.78, 5) is 29.6. The molecule has 6 nitrogen and oxygen atoms in total. The molecule has 0 atom stereocenters. The van der Waals surface area contributed by atoms with Gasteiger partial charge in [0.2, 0.25) is 5.91 Å². The zero-order chi connectivity index (χ0) is 19.4. The Morgan fingerprint density at radius 2 is 2.00 bits per heavy atom. The number of carbonyl (C=O) groups excluding carboxylic acids is 2. The van der Waals surface area contributed by atoms with E-state index in [1.54, 1.807) is 19.1 Å². The molecule has 1 aromatic heterocycles. The molecule has 0 unspecified atom stereocenters. The number of likely N-dealkylation sites (tertiary alicyclic amines) is 1. The highest BCUT2D eigenvalue weighted by Gasteiger charge is 2.21. The first-order valence-electron chi connectivity index (χ1n) is 8.92. The van der Waals surface area contributed by atoms with Crippen LogP contribution in [0, 0.1) is 11.7 Å². The van der Waals surface area contributed by atoms with Gasteiger partial charge in [0.05, 0.1) is 11.3 Å². The molecule has 3 rings (SSSR count). The predicted molar refractivity (Wildman–Crippen MR) is 98.6 cm³/mol. The molecule has 1 aliphatic heterocycles. The number of rotatable bonds is 4. The first kappa shape index (κ1) is 18.8. The van der Waals surface area contributed by atoms with E-state index in [2.05, 4.69) is 10.3 Å². The van der Waals surface area contributed by atoms with Crippen LogP contribution in [-0.4, -0.2) is 46.4 Å². The monoisotopic (exact) mass is 371 g/mol. The summed E-state index contributed by atoms with van der Waals surface area (Å²) >= 11 is 0. The normalized spacial score (nSPS) is 14.8. The van der Waals surface area contributed by atoms with Crippen LogP contribution in [0.2, 0.25) is 0 Å². The smallest absolute Gasteiger partial charge is 0.252 e. The second kappa shape index (κ2) is 8.16.